The maximum absolute atomic E-state index is 8.99. The first kappa shape index (κ1) is 8.56. The molecule has 0 aliphatic carbocycles. The van der Waals surface area contributed by atoms with Gasteiger partial charge in [-0.2, -0.15) is 5.10 Å². The number of rotatable bonds is 2. The monoisotopic (exact) mass is 181 g/mol. The van der Waals surface area contributed by atoms with Crippen LogP contribution >= 0.6 is 0 Å². The molecule has 2 rings (SSSR count). The zero-order valence-corrected chi connectivity index (χ0v) is 7.85. The SMILES string of the molecule is Cn1cc(N2CCC(CO)C2)cn1. The fourth-order valence-corrected chi connectivity index (χ4v) is 1.79. The molecule has 0 aromatic carbocycles. The molecule has 4 nitrogen and oxygen atoms in total. The highest BCUT2D eigenvalue weighted by Crippen LogP contribution is 2.22. The molecule has 2 heterocycles. The van der Waals surface area contributed by atoms with E-state index in [1.165, 1.54) is 5.69 Å². The van der Waals surface area contributed by atoms with Crippen LogP contribution in [0, 0.1) is 5.92 Å². The van der Waals surface area contributed by atoms with Crippen LogP contribution in [-0.2, 0) is 7.05 Å². The van der Waals surface area contributed by atoms with Crippen LogP contribution in [0.15, 0.2) is 12.4 Å². The minimum absolute atomic E-state index is 0.302. The second-order valence-corrected chi connectivity index (χ2v) is 3.66. The third-order valence-corrected chi connectivity index (χ3v) is 2.60. The van der Waals surface area contributed by atoms with Crippen molar-refractivity contribution in [1.29, 1.82) is 0 Å². The largest absolute Gasteiger partial charge is 0.396 e. The lowest BCUT2D eigenvalue weighted by atomic mass is 10.1. The molecule has 1 aromatic heterocycles. The van der Waals surface area contributed by atoms with Gasteiger partial charge in [-0.1, -0.05) is 0 Å². The molecule has 0 bridgehead atoms. The molecule has 72 valence electrons. The molecule has 0 saturated carbocycles. The Labute approximate surface area is 77.8 Å². The summed E-state index contributed by atoms with van der Waals surface area (Å²) < 4.78 is 1.81. The average Bonchev–Trinajstić information content (AvgIpc) is 2.71. The number of anilines is 1. The summed E-state index contributed by atoms with van der Waals surface area (Å²) in [6.45, 7) is 2.30. The van der Waals surface area contributed by atoms with Gasteiger partial charge in [0.25, 0.3) is 0 Å². The highest BCUT2D eigenvalue weighted by atomic mass is 16.3. The topological polar surface area (TPSA) is 41.3 Å². The molecule has 1 aromatic rings. The summed E-state index contributed by atoms with van der Waals surface area (Å²) in [5.41, 5.74) is 1.17. The number of aryl methyl sites for hydroxylation is 1. The van der Waals surface area contributed by atoms with Crippen LogP contribution in [0.5, 0.6) is 0 Å². The van der Waals surface area contributed by atoms with E-state index in [4.69, 9.17) is 5.11 Å². The number of aliphatic hydroxyl groups is 1. The van der Waals surface area contributed by atoms with Crippen LogP contribution in [0.25, 0.3) is 0 Å². The molecule has 1 atom stereocenters. The normalized spacial score (nSPS) is 22.6. The number of hydrogen-bond acceptors (Lipinski definition) is 3. The number of aliphatic hydroxyl groups excluding tert-OH is 1. The van der Waals surface area contributed by atoms with Gasteiger partial charge in [-0.15, -0.1) is 0 Å². The standard InChI is InChI=1S/C9H15N3O/c1-11-6-9(4-10-11)12-3-2-8(5-12)7-13/h4,6,8,13H,2-3,5,7H2,1H3. The van der Waals surface area contributed by atoms with Crippen molar-refractivity contribution in [3.63, 3.8) is 0 Å². The number of aromatic nitrogens is 2. The molecule has 1 aliphatic rings. The van der Waals surface area contributed by atoms with E-state index >= 15 is 0 Å². The lowest BCUT2D eigenvalue weighted by Crippen LogP contribution is -2.19. The van der Waals surface area contributed by atoms with Gasteiger partial charge in [-0.05, 0) is 6.42 Å². The van der Waals surface area contributed by atoms with Gasteiger partial charge in [0.2, 0.25) is 0 Å². The van der Waals surface area contributed by atoms with Gasteiger partial charge >= 0.3 is 0 Å². The van der Waals surface area contributed by atoms with Crippen molar-refractivity contribution in [3.8, 4) is 0 Å². The van der Waals surface area contributed by atoms with E-state index in [1.54, 1.807) is 0 Å². The first-order valence-electron chi connectivity index (χ1n) is 4.64. The summed E-state index contributed by atoms with van der Waals surface area (Å²) >= 11 is 0. The molecule has 0 amide bonds. The summed E-state index contributed by atoms with van der Waals surface area (Å²) in [5.74, 6) is 0.445. The van der Waals surface area contributed by atoms with Crippen molar-refractivity contribution in [1.82, 2.24) is 9.78 Å². The summed E-state index contributed by atoms with van der Waals surface area (Å²) in [4.78, 5) is 2.27. The van der Waals surface area contributed by atoms with Gasteiger partial charge in [0.15, 0.2) is 0 Å². The molecule has 0 spiro atoms. The van der Waals surface area contributed by atoms with Crippen molar-refractivity contribution in [2.24, 2.45) is 13.0 Å². The second-order valence-electron chi connectivity index (χ2n) is 3.66. The fourth-order valence-electron chi connectivity index (χ4n) is 1.79. The average molecular weight is 181 g/mol. The van der Waals surface area contributed by atoms with Gasteiger partial charge in [0, 0.05) is 38.9 Å². The Morgan fingerprint density at radius 3 is 3.08 bits per heavy atom. The van der Waals surface area contributed by atoms with Gasteiger partial charge < -0.3 is 10.0 Å². The molecule has 1 aliphatic heterocycles. The Kier molecular flexibility index (Phi) is 2.22. The van der Waals surface area contributed by atoms with E-state index in [-0.39, 0.29) is 0 Å². The Balaban J connectivity index is 2.03. The van der Waals surface area contributed by atoms with Crippen LogP contribution in [-0.4, -0.2) is 34.6 Å². The van der Waals surface area contributed by atoms with E-state index in [0.29, 0.717) is 12.5 Å². The molecule has 13 heavy (non-hydrogen) atoms. The third-order valence-electron chi connectivity index (χ3n) is 2.60. The summed E-state index contributed by atoms with van der Waals surface area (Å²) in [7, 11) is 1.92. The van der Waals surface area contributed by atoms with Gasteiger partial charge in [0.05, 0.1) is 11.9 Å². The van der Waals surface area contributed by atoms with E-state index < -0.39 is 0 Å². The highest BCUT2D eigenvalue weighted by molar-refractivity contribution is 5.43. The smallest absolute Gasteiger partial charge is 0.0752 e. The van der Waals surface area contributed by atoms with E-state index in [1.807, 2.05) is 24.1 Å². The quantitative estimate of drug-likeness (QED) is 0.710. The van der Waals surface area contributed by atoms with Crippen molar-refractivity contribution in [3.05, 3.63) is 12.4 Å². The van der Waals surface area contributed by atoms with Crippen LogP contribution in [0.4, 0.5) is 5.69 Å². The fraction of sp³-hybridized carbons (Fsp3) is 0.667. The molecule has 1 saturated heterocycles. The Morgan fingerprint density at radius 1 is 1.69 bits per heavy atom. The minimum atomic E-state index is 0.302. The lowest BCUT2D eigenvalue weighted by molar-refractivity contribution is 0.238. The first-order chi connectivity index (χ1) is 6.29. The van der Waals surface area contributed by atoms with Gasteiger partial charge in [-0.25, -0.2) is 0 Å². The predicted molar refractivity (Wildman–Crippen MR) is 50.6 cm³/mol. The van der Waals surface area contributed by atoms with Crippen molar-refractivity contribution < 1.29 is 5.11 Å². The maximum Gasteiger partial charge on any atom is 0.0752 e. The van der Waals surface area contributed by atoms with E-state index in [2.05, 4.69) is 10.00 Å². The number of nitrogens with zero attached hydrogens (tertiary/aromatic N) is 3. The highest BCUT2D eigenvalue weighted by Gasteiger charge is 2.22. The lowest BCUT2D eigenvalue weighted by Gasteiger charge is -2.15. The van der Waals surface area contributed by atoms with Crippen LogP contribution < -0.4 is 4.90 Å². The Morgan fingerprint density at radius 2 is 2.54 bits per heavy atom. The molecule has 1 unspecified atom stereocenters. The number of hydrogen-bond donors (Lipinski definition) is 1. The second kappa shape index (κ2) is 3.38. The molecular weight excluding hydrogens is 166 g/mol. The maximum atomic E-state index is 8.99. The van der Waals surface area contributed by atoms with Crippen LogP contribution in [0.3, 0.4) is 0 Å². The van der Waals surface area contributed by atoms with Crippen molar-refractivity contribution in [2.45, 2.75) is 6.42 Å². The van der Waals surface area contributed by atoms with E-state index in [0.717, 1.165) is 19.5 Å². The summed E-state index contributed by atoms with van der Waals surface area (Å²) in [5, 5.41) is 13.1. The van der Waals surface area contributed by atoms with Crippen molar-refractivity contribution in [2.75, 3.05) is 24.6 Å². The zero-order chi connectivity index (χ0) is 9.26. The molecule has 1 N–H and O–H groups in total. The summed E-state index contributed by atoms with van der Waals surface area (Å²) in [6.07, 6.45) is 4.98. The predicted octanol–water partition coefficient (Wildman–Crippen LogP) is 0.239. The van der Waals surface area contributed by atoms with E-state index in [9.17, 15) is 0 Å². The van der Waals surface area contributed by atoms with Crippen LogP contribution in [0.1, 0.15) is 6.42 Å². The molecular formula is C9H15N3O. The minimum Gasteiger partial charge on any atom is -0.396 e. The molecule has 1 fully saturated rings. The van der Waals surface area contributed by atoms with Gasteiger partial charge in [0.1, 0.15) is 0 Å². The summed E-state index contributed by atoms with van der Waals surface area (Å²) in [6, 6.07) is 0. The van der Waals surface area contributed by atoms with Crippen molar-refractivity contribution >= 4 is 5.69 Å². The van der Waals surface area contributed by atoms with Gasteiger partial charge in [-0.3, -0.25) is 4.68 Å². The molecule has 4 heteroatoms. The Hall–Kier alpha value is -1.03. The van der Waals surface area contributed by atoms with Crippen LogP contribution in [0.2, 0.25) is 0 Å². The zero-order valence-electron chi connectivity index (χ0n) is 7.85. The Bertz CT molecular complexity index is 284. The first-order valence-corrected chi connectivity index (χ1v) is 4.64. The third kappa shape index (κ3) is 1.67. The molecule has 0 radical (unpaired) electrons.